The molecular formula is C7H12OS. The van der Waals surface area contributed by atoms with E-state index in [1.165, 1.54) is 25.0 Å². The second-order valence-electron chi connectivity index (χ2n) is 2.39. The fourth-order valence-electron chi connectivity index (χ4n) is 1.10. The van der Waals surface area contributed by atoms with Crippen LogP contribution >= 0.6 is 11.8 Å². The van der Waals surface area contributed by atoms with E-state index in [0.29, 0.717) is 5.25 Å². The molecule has 1 atom stereocenters. The zero-order valence-corrected chi connectivity index (χ0v) is 6.32. The number of hydrogen-bond acceptors (Lipinski definition) is 2. The third-order valence-corrected chi connectivity index (χ3v) is 3.06. The number of carbonyl (C=O) groups is 1. The lowest BCUT2D eigenvalue weighted by atomic mass is 10.1. The maximum Gasteiger partial charge on any atom is 0.121 e. The van der Waals surface area contributed by atoms with Crippen LogP contribution in [0.4, 0.5) is 0 Å². The Morgan fingerprint density at radius 1 is 1.56 bits per heavy atom. The summed E-state index contributed by atoms with van der Waals surface area (Å²) < 4.78 is 0. The van der Waals surface area contributed by atoms with Crippen LogP contribution in [-0.2, 0) is 4.79 Å². The van der Waals surface area contributed by atoms with Crippen molar-refractivity contribution < 1.29 is 4.79 Å². The fourth-order valence-corrected chi connectivity index (χ4v) is 2.35. The predicted molar refractivity (Wildman–Crippen MR) is 40.8 cm³/mol. The van der Waals surface area contributed by atoms with Crippen LogP contribution in [0.15, 0.2) is 0 Å². The summed E-state index contributed by atoms with van der Waals surface area (Å²) in [5.41, 5.74) is 0. The predicted octanol–water partition coefficient (Wildman–Crippen LogP) is 1.86. The van der Waals surface area contributed by atoms with Gasteiger partial charge in [0.25, 0.3) is 0 Å². The summed E-state index contributed by atoms with van der Waals surface area (Å²) in [6, 6.07) is 0. The molecule has 1 fully saturated rings. The van der Waals surface area contributed by atoms with Gasteiger partial charge in [-0.25, -0.2) is 0 Å². The van der Waals surface area contributed by atoms with Crippen LogP contribution in [0.3, 0.4) is 0 Å². The zero-order valence-electron chi connectivity index (χ0n) is 5.51. The number of rotatable bonds is 2. The molecule has 1 aliphatic rings. The van der Waals surface area contributed by atoms with Crippen molar-refractivity contribution in [3.05, 3.63) is 0 Å². The highest BCUT2D eigenvalue weighted by Crippen LogP contribution is 2.26. The van der Waals surface area contributed by atoms with Gasteiger partial charge in [-0.2, -0.15) is 11.8 Å². The monoisotopic (exact) mass is 144 g/mol. The highest BCUT2D eigenvalue weighted by Gasteiger charge is 2.11. The molecule has 9 heavy (non-hydrogen) atoms. The molecule has 0 aromatic rings. The van der Waals surface area contributed by atoms with Crippen LogP contribution in [0, 0.1) is 0 Å². The lowest BCUT2D eigenvalue weighted by Crippen LogP contribution is -2.09. The third-order valence-electron chi connectivity index (χ3n) is 1.63. The standard InChI is InChI=1S/C7H12OS/c8-5-4-7-3-1-2-6-9-7/h5,7H,1-4,6H2. The summed E-state index contributed by atoms with van der Waals surface area (Å²) in [5.74, 6) is 1.26. The SMILES string of the molecule is O=CCC1CCCCS1. The summed E-state index contributed by atoms with van der Waals surface area (Å²) >= 11 is 1.96. The van der Waals surface area contributed by atoms with Gasteiger partial charge in [0.05, 0.1) is 0 Å². The Balaban J connectivity index is 2.15. The van der Waals surface area contributed by atoms with Crippen molar-refractivity contribution in [1.82, 2.24) is 0 Å². The van der Waals surface area contributed by atoms with Crippen molar-refractivity contribution in [2.45, 2.75) is 30.9 Å². The van der Waals surface area contributed by atoms with E-state index in [-0.39, 0.29) is 0 Å². The van der Waals surface area contributed by atoms with Gasteiger partial charge in [0.15, 0.2) is 0 Å². The molecule has 0 spiro atoms. The summed E-state index contributed by atoms with van der Waals surface area (Å²) in [5, 5.41) is 0.649. The minimum atomic E-state index is 0.649. The van der Waals surface area contributed by atoms with E-state index < -0.39 is 0 Å². The summed E-state index contributed by atoms with van der Waals surface area (Å²) in [6.07, 6.45) is 5.74. The highest BCUT2D eigenvalue weighted by atomic mass is 32.2. The molecule has 1 unspecified atom stereocenters. The van der Waals surface area contributed by atoms with E-state index in [0.717, 1.165) is 12.7 Å². The summed E-state index contributed by atoms with van der Waals surface area (Å²) in [6.45, 7) is 0. The topological polar surface area (TPSA) is 17.1 Å². The van der Waals surface area contributed by atoms with E-state index in [2.05, 4.69) is 0 Å². The van der Waals surface area contributed by atoms with Crippen molar-refractivity contribution in [2.75, 3.05) is 5.75 Å². The Kier molecular flexibility index (Phi) is 3.12. The largest absolute Gasteiger partial charge is 0.303 e. The molecule has 0 radical (unpaired) electrons. The summed E-state index contributed by atoms with van der Waals surface area (Å²) in [4.78, 5) is 10.1. The zero-order chi connectivity index (χ0) is 6.53. The van der Waals surface area contributed by atoms with E-state index in [1.807, 2.05) is 11.8 Å². The first-order valence-corrected chi connectivity index (χ1v) is 4.53. The molecule has 1 rings (SSSR count). The number of hydrogen-bond donors (Lipinski definition) is 0. The number of aldehydes is 1. The Labute approximate surface area is 60.2 Å². The first kappa shape index (κ1) is 7.13. The Bertz CT molecular complexity index is 86.9. The normalized spacial score (nSPS) is 27.8. The highest BCUT2D eigenvalue weighted by molar-refractivity contribution is 7.99. The van der Waals surface area contributed by atoms with Crippen LogP contribution in [0.1, 0.15) is 25.7 Å². The van der Waals surface area contributed by atoms with Gasteiger partial charge in [-0.3, -0.25) is 0 Å². The van der Waals surface area contributed by atoms with Gasteiger partial charge in [0.2, 0.25) is 0 Å². The van der Waals surface area contributed by atoms with Crippen molar-refractivity contribution >= 4 is 18.0 Å². The third kappa shape index (κ3) is 2.39. The van der Waals surface area contributed by atoms with Crippen molar-refractivity contribution in [3.8, 4) is 0 Å². The quantitative estimate of drug-likeness (QED) is 0.550. The molecule has 52 valence electrons. The molecule has 0 aromatic carbocycles. The molecular weight excluding hydrogens is 132 g/mol. The van der Waals surface area contributed by atoms with Crippen LogP contribution in [-0.4, -0.2) is 17.3 Å². The molecule has 1 nitrogen and oxygen atoms in total. The van der Waals surface area contributed by atoms with E-state index in [1.54, 1.807) is 0 Å². The molecule has 0 N–H and O–H groups in total. The van der Waals surface area contributed by atoms with Gasteiger partial charge in [0, 0.05) is 11.7 Å². The molecule has 0 saturated carbocycles. The second-order valence-corrected chi connectivity index (χ2v) is 3.80. The van der Waals surface area contributed by atoms with Gasteiger partial charge in [-0.15, -0.1) is 0 Å². The van der Waals surface area contributed by atoms with E-state index in [4.69, 9.17) is 0 Å². The summed E-state index contributed by atoms with van der Waals surface area (Å²) in [7, 11) is 0. The van der Waals surface area contributed by atoms with Gasteiger partial charge in [-0.05, 0) is 18.6 Å². The van der Waals surface area contributed by atoms with Gasteiger partial charge < -0.3 is 4.79 Å². The molecule has 2 heteroatoms. The Hall–Kier alpha value is 0.0200. The minimum Gasteiger partial charge on any atom is -0.303 e. The van der Waals surface area contributed by atoms with E-state index >= 15 is 0 Å². The molecule has 0 aliphatic carbocycles. The average Bonchev–Trinajstić information content (AvgIpc) is 1.91. The molecule has 1 heterocycles. The van der Waals surface area contributed by atoms with Gasteiger partial charge in [-0.1, -0.05) is 6.42 Å². The lowest BCUT2D eigenvalue weighted by Gasteiger charge is -2.18. The maximum atomic E-state index is 10.1. The molecule has 1 saturated heterocycles. The minimum absolute atomic E-state index is 0.649. The molecule has 0 aromatic heterocycles. The van der Waals surface area contributed by atoms with Crippen LogP contribution < -0.4 is 0 Å². The van der Waals surface area contributed by atoms with Crippen molar-refractivity contribution in [2.24, 2.45) is 0 Å². The van der Waals surface area contributed by atoms with Gasteiger partial charge in [0.1, 0.15) is 6.29 Å². The smallest absolute Gasteiger partial charge is 0.121 e. The number of carbonyl (C=O) groups excluding carboxylic acids is 1. The van der Waals surface area contributed by atoms with Crippen LogP contribution in [0.5, 0.6) is 0 Å². The first-order valence-electron chi connectivity index (χ1n) is 3.48. The number of thioether (sulfide) groups is 1. The fraction of sp³-hybridized carbons (Fsp3) is 0.857. The van der Waals surface area contributed by atoms with Crippen LogP contribution in [0.25, 0.3) is 0 Å². The molecule has 1 aliphatic heterocycles. The second kappa shape index (κ2) is 3.94. The average molecular weight is 144 g/mol. The van der Waals surface area contributed by atoms with Gasteiger partial charge >= 0.3 is 0 Å². The molecule has 0 amide bonds. The van der Waals surface area contributed by atoms with Crippen molar-refractivity contribution in [3.63, 3.8) is 0 Å². The Morgan fingerprint density at radius 3 is 3.00 bits per heavy atom. The Morgan fingerprint density at radius 2 is 2.44 bits per heavy atom. The first-order chi connectivity index (χ1) is 4.43. The van der Waals surface area contributed by atoms with E-state index in [9.17, 15) is 4.79 Å². The van der Waals surface area contributed by atoms with Crippen LogP contribution in [0.2, 0.25) is 0 Å². The molecule has 0 bridgehead atoms. The lowest BCUT2D eigenvalue weighted by molar-refractivity contribution is -0.107. The maximum absolute atomic E-state index is 10.1. The van der Waals surface area contributed by atoms with Crippen molar-refractivity contribution in [1.29, 1.82) is 0 Å².